The zero-order valence-corrected chi connectivity index (χ0v) is 15.7. The minimum Gasteiger partial charge on any atom is -0.378 e. The Balaban J connectivity index is 2.17. The number of anilines is 1. The summed E-state index contributed by atoms with van der Waals surface area (Å²) >= 11 is 0. The summed E-state index contributed by atoms with van der Waals surface area (Å²) in [4.78, 5) is 2.08. The summed E-state index contributed by atoms with van der Waals surface area (Å²) in [6.45, 7) is 6.87. The maximum Gasteiger partial charge on any atom is 0.133 e. The molecule has 2 unspecified atom stereocenters. The molecular weight excluding hydrogens is 306 g/mol. The van der Waals surface area contributed by atoms with Crippen molar-refractivity contribution in [3.8, 4) is 12.1 Å². The highest BCUT2D eigenvalue weighted by Gasteiger charge is 2.62. The molecule has 3 heteroatoms. The van der Waals surface area contributed by atoms with Gasteiger partial charge in [0.25, 0.3) is 0 Å². The molecular formula is C22H25N3. The van der Waals surface area contributed by atoms with Gasteiger partial charge in [-0.05, 0) is 58.4 Å². The molecule has 1 aromatic carbocycles. The Hall–Kier alpha value is -2.52. The van der Waals surface area contributed by atoms with Crippen LogP contribution in [0.15, 0.2) is 41.0 Å². The molecule has 2 aliphatic rings. The molecule has 2 fully saturated rings. The van der Waals surface area contributed by atoms with Gasteiger partial charge in [-0.15, -0.1) is 0 Å². The van der Waals surface area contributed by atoms with E-state index in [9.17, 15) is 10.5 Å². The Morgan fingerprint density at radius 2 is 1.72 bits per heavy atom. The maximum atomic E-state index is 9.49. The van der Waals surface area contributed by atoms with E-state index in [1.165, 1.54) is 5.57 Å². The molecule has 0 aromatic heterocycles. The number of fused-ring (bicyclic) bond motifs is 2. The fraction of sp³-hybridized carbons (Fsp3) is 0.455. The van der Waals surface area contributed by atoms with Crippen LogP contribution >= 0.6 is 0 Å². The van der Waals surface area contributed by atoms with Crippen molar-refractivity contribution in [1.82, 2.24) is 0 Å². The van der Waals surface area contributed by atoms with E-state index in [4.69, 9.17) is 0 Å². The lowest BCUT2D eigenvalue weighted by Gasteiger charge is -2.35. The van der Waals surface area contributed by atoms with Crippen LogP contribution in [0.5, 0.6) is 0 Å². The van der Waals surface area contributed by atoms with E-state index in [0.29, 0.717) is 5.92 Å². The van der Waals surface area contributed by atoms with Gasteiger partial charge in [0.1, 0.15) is 17.7 Å². The van der Waals surface area contributed by atoms with E-state index in [1.54, 1.807) is 0 Å². The van der Waals surface area contributed by atoms with E-state index in [-0.39, 0.29) is 16.4 Å². The van der Waals surface area contributed by atoms with Crippen LogP contribution in [0.25, 0.3) is 6.08 Å². The first-order valence-electron chi connectivity index (χ1n) is 8.80. The van der Waals surface area contributed by atoms with Crippen molar-refractivity contribution in [3.63, 3.8) is 0 Å². The van der Waals surface area contributed by atoms with Gasteiger partial charge in [0.2, 0.25) is 0 Å². The fourth-order valence-electron chi connectivity index (χ4n) is 4.70. The predicted octanol–water partition coefficient (Wildman–Crippen LogP) is 4.94. The van der Waals surface area contributed by atoms with Gasteiger partial charge in [0, 0.05) is 19.8 Å². The van der Waals surface area contributed by atoms with Crippen LogP contribution in [-0.2, 0) is 0 Å². The highest BCUT2D eigenvalue weighted by atomic mass is 15.1. The molecule has 0 heterocycles. The third-order valence-corrected chi connectivity index (χ3v) is 6.67. The second kappa shape index (κ2) is 5.78. The number of hydrogen-bond donors (Lipinski definition) is 0. The molecule has 128 valence electrons. The quantitative estimate of drug-likeness (QED) is 0.722. The fourth-order valence-corrected chi connectivity index (χ4v) is 4.70. The lowest BCUT2D eigenvalue weighted by molar-refractivity contribution is 0.183. The topological polar surface area (TPSA) is 50.8 Å². The molecule has 0 spiro atoms. The SMILES string of the molecule is CN(C)c1ccc(/C=C2/C(=C(C#N)C#N)C3CCC2(C)C3(C)C)cc1. The zero-order chi connectivity index (χ0) is 18.4. The van der Waals surface area contributed by atoms with Crippen molar-refractivity contribution in [3.05, 3.63) is 46.5 Å². The summed E-state index contributed by atoms with van der Waals surface area (Å²) in [6, 6.07) is 12.7. The van der Waals surface area contributed by atoms with Crippen LogP contribution in [-0.4, -0.2) is 14.1 Å². The van der Waals surface area contributed by atoms with Gasteiger partial charge in [0.05, 0.1) is 0 Å². The smallest absolute Gasteiger partial charge is 0.133 e. The van der Waals surface area contributed by atoms with Crippen LogP contribution in [0.2, 0.25) is 0 Å². The maximum absolute atomic E-state index is 9.49. The van der Waals surface area contributed by atoms with Gasteiger partial charge >= 0.3 is 0 Å². The van der Waals surface area contributed by atoms with E-state index in [2.05, 4.69) is 68.2 Å². The number of rotatable bonds is 2. The Morgan fingerprint density at radius 1 is 1.12 bits per heavy atom. The second-order valence-corrected chi connectivity index (χ2v) is 8.20. The largest absolute Gasteiger partial charge is 0.378 e. The summed E-state index contributed by atoms with van der Waals surface area (Å²) in [5.74, 6) is 0.291. The Labute approximate surface area is 150 Å². The first-order valence-corrected chi connectivity index (χ1v) is 8.80. The number of benzene rings is 1. The van der Waals surface area contributed by atoms with Crippen molar-refractivity contribution in [1.29, 1.82) is 10.5 Å². The molecule has 2 bridgehead atoms. The van der Waals surface area contributed by atoms with Crippen molar-refractivity contribution in [2.45, 2.75) is 33.6 Å². The summed E-state index contributed by atoms with van der Waals surface area (Å²) in [6.07, 6.45) is 4.37. The third kappa shape index (κ3) is 2.38. The number of nitrogens with zero attached hydrogens (tertiary/aromatic N) is 3. The zero-order valence-electron chi connectivity index (χ0n) is 15.7. The molecule has 0 radical (unpaired) electrons. The normalized spacial score (nSPS) is 27.9. The van der Waals surface area contributed by atoms with Crippen LogP contribution in [0.3, 0.4) is 0 Å². The second-order valence-electron chi connectivity index (χ2n) is 8.20. The monoisotopic (exact) mass is 331 g/mol. The number of nitriles is 2. The van der Waals surface area contributed by atoms with E-state index < -0.39 is 0 Å². The molecule has 3 rings (SSSR count). The van der Waals surface area contributed by atoms with E-state index in [1.807, 2.05) is 14.1 Å². The Morgan fingerprint density at radius 3 is 2.24 bits per heavy atom. The van der Waals surface area contributed by atoms with E-state index >= 15 is 0 Å². The summed E-state index contributed by atoms with van der Waals surface area (Å²) in [5, 5.41) is 19.0. The highest BCUT2D eigenvalue weighted by molar-refractivity contribution is 5.69. The first-order chi connectivity index (χ1) is 11.8. The molecule has 25 heavy (non-hydrogen) atoms. The standard InChI is InChI=1S/C22H25N3/c1-21(2)18-10-11-22(21,3)19(20(18)16(13-23)14-24)12-15-6-8-17(9-7-15)25(4)5/h6-9,12,18H,10-11H2,1-5H3/b19-12-. The lowest BCUT2D eigenvalue weighted by Crippen LogP contribution is -2.27. The van der Waals surface area contributed by atoms with Gasteiger partial charge in [-0.2, -0.15) is 10.5 Å². The van der Waals surface area contributed by atoms with Gasteiger partial charge in [0.15, 0.2) is 0 Å². The van der Waals surface area contributed by atoms with Crippen LogP contribution in [0.1, 0.15) is 39.2 Å². The van der Waals surface area contributed by atoms with Gasteiger partial charge in [-0.25, -0.2) is 0 Å². The molecule has 0 saturated heterocycles. The van der Waals surface area contributed by atoms with Gasteiger partial charge < -0.3 is 4.90 Å². The third-order valence-electron chi connectivity index (χ3n) is 6.67. The summed E-state index contributed by atoms with van der Waals surface area (Å²) in [5.41, 5.74) is 4.82. The summed E-state index contributed by atoms with van der Waals surface area (Å²) < 4.78 is 0. The minimum atomic E-state index is 0.00612. The van der Waals surface area contributed by atoms with Crippen molar-refractivity contribution >= 4 is 11.8 Å². The van der Waals surface area contributed by atoms with Crippen molar-refractivity contribution in [2.24, 2.45) is 16.7 Å². The molecule has 2 atom stereocenters. The average Bonchev–Trinajstić information content (AvgIpc) is 2.90. The minimum absolute atomic E-state index is 0.00612. The average molecular weight is 331 g/mol. The molecule has 0 amide bonds. The number of allylic oxidation sites excluding steroid dienone is 3. The van der Waals surface area contributed by atoms with Crippen LogP contribution in [0, 0.1) is 39.4 Å². The number of hydrogen-bond acceptors (Lipinski definition) is 3. The van der Waals surface area contributed by atoms with Crippen molar-refractivity contribution in [2.75, 3.05) is 19.0 Å². The highest BCUT2D eigenvalue weighted by Crippen LogP contribution is 2.70. The molecule has 0 aliphatic heterocycles. The molecule has 2 saturated carbocycles. The first kappa shape index (κ1) is 17.3. The molecule has 0 N–H and O–H groups in total. The van der Waals surface area contributed by atoms with Gasteiger partial charge in [-0.1, -0.05) is 39.0 Å². The van der Waals surface area contributed by atoms with Crippen LogP contribution in [0.4, 0.5) is 5.69 Å². The molecule has 3 nitrogen and oxygen atoms in total. The molecule has 1 aromatic rings. The molecule has 2 aliphatic carbocycles. The lowest BCUT2D eigenvalue weighted by atomic mass is 9.69. The van der Waals surface area contributed by atoms with E-state index in [0.717, 1.165) is 29.7 Å². The summed E-state index contributed by atoms with van der Waals surface area (Å²) in [7, 11) is 4.06. The van der Waals surface area contributed by atoms with Gasteiger partial charge in [-0.3, -0.25) is 0 Å². The Kier molecular flexibility index (Phi) is 4.00. The Bertz CT molecular complexity index is 825. The van der Waals surface area contributed by atoms with Crippen LogP contribution < -0.4 is 4.90 Å². The predicted molar refractivity (Wildman–Crippen MR) is 102 cm³/mol. The van der Waals surface area contributed by atoms with Crippen molar-refractivity contribution < 1.29 is 0 Å².